The molecule has 10 rings (SSSR count). The molecule has 3 N–H and O–H groups in total. The summed E-state index contributed by atoms with van der Waals surface area (Å²) in [7, 11) is 3.85. The zero-order chi connectivity index (χ0) is 53.9. The Hall–Kier alpha value is -6.89. The topological polar surface area (TPSA) is 124 Å². The number of carboxylic acids is 1. The summed E-state index contributed by atoms with van der Waals surface area (Å²) in [6, 6.07) is 33.3. The minimum absolute atomic E-state index is 0.0563. The fourth-order valence-electron chi connectivity index (χ4n) is 8.06. The van der Waals surface area contributed by atoms with E-state index in [1.165, 1.54) is 46.9 Å². The van der Waals surface area contributed by atoms with Crippen molar-refractivity contribution < 1.29 is 41.8 Å². The third kappa shape index (κ3) is 13.9. The quantitative estimate of drug-likeness (QED) is 0.0564. The number of carbonyl (C=O) groups is 4. The van der Waals surface area contributed by atoms with Crippen LogP contribution in [0.15, 0.2) is 143 Å². The number of allylic oxidation sites excluding steroid dienone is 1. The molecule has 4 aromatic carbocycles. The van der Waals surface area contributed by atoms with E-state index in [0.29, 0.717) is 46.9 Å². The number of Topliss-reactive ketones (excluding diaryl/α,β-unsaturated/α-hetero) is 3. The van der Waals surface area contributed by atoms with Gasteiger partial charge >= 0.3 is 5.97 Å². The van der Waals surface area contributed by atoms with Gasteiger partial charge in [0.25, 0.3) is 0 Å². The number of nitrogens with two attached hydrogens (primary N) is 1. The van der Waals surface area contributed by atoms with Crippen LogP contribution in [0, 0.1) is 23.3 Å². The predicted octanol–water partition coefficient (Wildman–Crippen LogP) is 14.4. The zero-order valence-electron chi connectivity index (χ0n) is 41.2. The fourth-order valence-corrected chi connectivity index (χ4v) is 12.5. The van der Waals surface area contributed by atoms with Gasteiger partial charge in [-0.25, -0.2) is 22.4 Å². The number of thiophene rings is 4. The lowest BCUT2D eigenvalue weighted by Crippen LogP contribution is -2.31. The van der Waals surface area contributed by atoms with Crippen molar-refractivity contribution in [3.05, 3.63) is 204 Å². The summed E-state index contributed by atoms with van der Waals surface area (Å²) in [5, 5.41) is 14.1. The van der Waals surface area contributed by atoms with E-state index < -0.39 is 34.9 Å². The summed E-state index contributed by atoms with van der Waals surface area (Å²) in [5.41, 5.74) is 10.9. The number of hydrogen-bond acceptors (Lipinski definition) is 12. The van der Waals surface area contributed by atoms with E-state index in [2.05, 4.69) is 9.80 Å². The van der Waals surface area contributed by atoms with Crippen LogP contribution < -0.4 is 15.5 Å². The van der Waals surface area contributed by atoms with Crippen molar-refractivity contribution in [1.82, 2.24) is 4.90 Å². The molecule has 0 unspecified atom stereocenters. The molecular formula is C57H51ClF4N4O5S4. The van der Waals surface area contributed by atoms with Crippen molar-refractivity contribution in [1.29, 1.82) is 0 Å². The molecule has 0 fully saturated rings. The molecule has 2 aliphatic rings. The number of para-hydroxylation sites is 1. The van der Waals surface area contributed by atoms with Crippen LogP contribution in [-0.4, -0.2) is 73.6 Å². The Morgan fingerprint density at radius 1 is 0.600 bits per heavy atom. The molecule has 0 saturated carbocycles. The zero-order valence-corrected chi connectivity index (χ0v) is 45.2. The van der Waals surface area contributed by atoms with Gasteiger partial charge in [0.05, 0.1) is 48.9 Å². The number of ketones is 3. The van der Waals surface area contributed by atoms with Gasteiger partial charge in [-0.3, -0.25) is 14.4 Å². The monoisotopic (exact) mass is 1110 g/mol. The first-order valence-electron chi connectivity index (χ1n) is 23.4. The minimum Gasteiger partial charge on any atom is -0.477 e. The largest absolute Gasteiger partial charge is 0.477 e. The number of fused-ring (bicyclic) bond motifs is 6. The predicted molar refractivity (Wildman–Crippen MR) is 299 cm³/mol. The molecule has 8 aromatic rings. The third-order valence-corrected chi connectivity index (χ3v) is 17.1. The van der Waals surface area contributed by atoms with Crippen molar-refractivity contribution in [2.75, 3.05) is 55.8 Å². The van der Waals surface area contributed by atoms with Crippen LogP contribution in [0.25, 0.3) is 19.5 Å². The minimum atomic E-state index is -0.882. The summed E-state index contributed by atoms with van der Waals surface area (Å²) in [5.74, 6) is -3.87. The molecule has 75 heavy (non-hydrogen) atoms. The molecule has 2 aliphatic heterocycles. The van der Waals surface area contributed by atoms with Crippen LogP contribution in [0.3, 0.4) is 0 Å². The molecule has 4 aromatic heterocycles. The van der Waals surface area contributed by atoms with Crippen molar-refractivity contribution in [2.45, 2.75) is 33.1 Å². The molecule has 9 nitrogen and oxygen atoms in total. The number of anilines is 3. The average molecular weight is 1110 g/mol. The molecule has 0 aliphatic carbocycles. The van der Waals surface area contributed by atoms with Crippen LogP contribution in [0.1, 0.15) is 70.6 Å². The second-order valence-corrected chi connectivity index (χ2v) is 21.8. The lowest BCUT2D eigenvalue weighted by molar-refractivity contribution is 0.0701. The van der Waals surface area contributed by atoms with Gasteiger partial charge in [-0.05, 0) is 103 Å². The number of aromatic carboxylic acids is 1. The van der Waals surface area contributed by atoms with E-state index in [9.17, 15) is 41.8 Å². The van der Waals surface area contributed by atoms with Crippen LogP contribution >= 0.6 is 56.9 Å². The maximum atomic E-state index is 14.0. The maximum absolute atomic E-state index is 14.0. The van der Waals surface area contributed by atoms with Gasteiger partial charge < -0.3 is 25.5 Å². The fraction of sp³-hybridized carbons (Fsp3) is 0.193. The summed E-state index contributed by atoms with van der Waals surface area (Å²) in [6.07, 6.45) is 1.10. The lowest BCUT2D eigenvalue weighted by Gasteiger charge is -2.22. The Labute approximate surface area is 453 Å². The Kier molecular flexibility index (Phi) is 19.0. The second kappa shape index (κ2) is 25.6. The van der Waals surface area contributed by atoms with Gasteiger partial charge in [-0.1, -0.05) is 84.4 Å². The highest BCUT2D eigenvalue weighted by Crippen LogP contribution is 2.46. The van der Waals surface area contributed by atoms with Crippen LogP contribution in [0.5, 0.6) is 0 Å². The van der Waals surface area contributed by atoms with E-state index in [1.54, 1.807) is 28.7 Å². The van der Waals surface area contributed by atoms with E-state index in [1.807, 2.05) is 122 Å². The number of nitrogen functional groups attached to an aromatic ring is 1. The number of rotatable bonds is 11. The maximum Gasteiger partial charge on any atom is 0.345 e. The number of carbonyl (C=O) groups excluding carboxylic acids is 3. The highest BCUT2D eigenvalue weighted by atomic mass is 35.5. The molecule has 0 saturated heterocycles. The van der Waals surface area contributed by atoms with Crippen LogP contribution in [0.2, 0.25) is 0 Å². The van der Waals surface area contributed by atoms with E-state index in [-0.39, 0.29) is 35.9 Å². The Morgan fingerprint density at radius 3 is 1.43 bits per heavy atom. The van der Waals surface area contributed by atoms with Gasteiger partial charge in [0.15, 0.2) is 17.3 Å². The first kappa shape index (κ1) is 55.9. The van der Waals surface area contributed by atoms with Crippen molar-refractivity contribution in [3.63, 3.8) is 0 Å². The van der Waals surface area contributed by atoms with Crippen LogP contribution in [-0.2, 0) is 19.3 Å². The highest BCUT2D eigenvalue weighted by molar-refractivity contribution is 7.23. The molecule has 0 radical (unpaired) electrons. The van der Waals surface area contributed by atoms with Gasteiger partial charge in [-0.2, -0.15) is 0 Å². The Morgan fingerprint density at radius 2 is 1.03 bits per heavy atom. The summed E-state index contributed by atoms with van der Waals surface area (Å²) >= 11 is 11.6. The SMILES string of the molecule is CC(C)=C(Cl)N(C)C.Nc1c(F)cccc1F.O=C(CN1CCc2cc(C(=O)Cc3c(F)cccc3F)sc2-c2sccc21)c1ccccc1.O=C(CN1CCc2cc(C(=O)O)sc2-c2sccc21)c1ccccc1. The van der Waals surface area contributed by atoms with E-state index in [4.69, 9.17) is 17.3 Å². The Balaban J connectivity index is 0.000000170. The normalized spacial score (nSPS) is 12.0. The van der Waals surface area contributed by atoms with E-state index >= 15 is 0 Å². The second-order valence-electron chi connectivity index (χ2n) is 17.5. The van der Waals surface area contributed by atoms with Gasteiger partial charge in [0, 0.05) is 50.3 Å². The standard InChI is InChI=1S/C26H19F2NO2S2.C19H15NO3S2.C6H12ClN.C6H5F2N/c27-19-7-4-8-20(28)18(19)14-22(30)24-13-17-9-11-29(15-23(31)16-5-2-1-3-6-16)21-10-12-32-26(21)25(17)33-24;21-15(12-4-2-1-3-5-12)11-20-8-6-13-10-16(19(22)23)25-17(13)18-14(20)7-9-24-18;1-5(2)6(7)8(3)4;7-4-2-1-3-5(8)6(4)9/h1-8,10,12-13H,9,11,14-15H2;1-5,7,9-10H,6,8,11H2,(H,22,23);1-4H3;1-3H,9H2. The van der Waals surface area contributed by atoms with Gasteiger partial charge in [0.1, 0.15) is 39.0 Å². The summed E-state index contributed by atoms with van der Waals surface area (Å²) in [4.78, 5) is 60.6. The number of hydrogen-bond donors (Lipinski definition) is 2. The first-order valence-corrected chi connectivity index (χ1v) is 27.1. The van der Waals surface area contributed by atoms with Gasteiger partial charge in [0.2, 0.25) is 0 Å². The molecule has 388 valence electrons. The number of halogens is 5. The number of carboxylic acid groups (broad SMARTS) is 1. The van der Waals surface area contributed by atoms with Crippen molar-refractivity contribution in [2.24, 2.45) is 0 Å². The first-order chi connectivity index (χ1) is 35.9. The van der Waals surface area contributed by atoms with E-state index in [0.717, 1.165) is 71.3 Å². The lowest BCUT2D eigenvalue weighted by atomic mass is 10.1. The smallest absolute Gasteiger partial charge is 0.345 e. The number of benzene rings is 4. The molecular weight excluding hydrogens is 1060 g/mol. The molecule has 0 spiro atoms. The Bertz CT molecular complexity index is 3310. The summed E-state index contributed by atoms with van der Waals surface area (Å²) in [6.45, 7) is 5.92. The third-order valence-electron chi connectivity index (χ3n) is 11.9. The molecule has 6 heterocycles. The highest BCUT2D eigenvalue weighted by Gasteiger charge is 2.28. The van der Waals surface area contributed by atoms with Crippen molar-refractivity contribution in [3.8, 4) is 19.5 Å². The molecule has 0 atom stereocenters. The van der Waals surface area contributed by atoms with Crippen LogP contribution in [0.4, 0.5) is 34.6 Å². The molecule has 0 amide bonds. The number of nitrogens with zero attached hydrogens (tertiary/aromatic N) is 3. The van der Waals surface area contributed by atoms with Crippen molar-refractivity contribution >= 4 is 97.3 Å². The van der Waals surface area contributed by atoms with Gasteiger partial charge in [-0.15, -0.1) is 45.3 Å². The molecule has 0 bridgehead atoms. The molecule has 18 heteroatoms. The summed E-state index contributed by atoms with van der Waals surface area (Å²) < 4.78 is 52.5. The average Bonchev–Trinajstić information content (AvgIpc) is 4.23.